The fraction of sp³-hybridized carbons (Fsp3) is 0.267. The number of aromatic amines is 1. The molecule has 108 valence electrons. The molecule has 0 aliphatic rings. The summed E-state index contributed by atoms with van der Waals surface area (Å²) >= 11 is 0. The van der Waals surface area contributed by atoms with Crippen molar-refractivity contribution in [2.75, 3.05) is 13.6 Å². The maximum Gasteiger partial charge on any atom is 0.256 e. The molecule has 3 aromatic rings. The van der Waals surface area contributed by atoms with Crippen LogP contribution in [0.15, 0.2) is 35.2 Å². The van der Waals surface area contributed by atoms with Crippen molar-refractivity contribution in [2.45, 2.75) is 13.3 Å². The molecular formula is C15H16N4O2. The lowest BCUT2D eigenvalue weighted by atomic mass is 10.1. The van der Waals surface area contributed by atoms with Crippen molar-refractivity contribution < 1.29 is 9.32 Å². The molecule has 0 aliphatic heterocycles. The fourth-order valence-electron chi connectivity index (χ4n) is 2.41. The predicted molar refractivity (Wildman–Crippen MR) is 78.0 cm³/mol. The lowest BCUT2D eigenvalue weighted by molar-refractivity contribution is 0.0797. The molecule has 0 radical (unpaired) electrons. The van der Waals surface area contributed by atoms with Gasteiger partial charge in [0.1, 0.15) is 0 Å². The molecule has 2 heterocycles. The highest BCUT2D eigenvalue weighted by atomic mass is 16.5. The fourth-order valence-corrected chi connectivity index (χ4v) is 2.41. The number of nitrogens with one attached hydrogen (secondary N) is 1. The average Bonchev–Trinajstić information content (AvgIpc) is 3.10. The number of rotatable bonds is 4. The molecular weight excluding hydrogens is 268 g/mol. The summed E-state index contributed by atoms with van der Waals surface area (Å²) in [6.07, 6.45) is 1.86. The van der Waals surface area contributed by atoms with Crippen molar-refractivity contribution in [3.8, 4) is 0 Å². The standard InChI is InChI=1S/C15H16N4O2/c1-10-14(11-5-3-4-6-12(11)17-10)15(20)19(2)8-7-13-16-9-21-18-13/h3-6,9,17H,7-8H2,1-2H3. The first-order valence-electron chi connectivity index (χ1n) is 6.75. The van der Waals surface area contributed by atoms with E-state index in [2.05, 4.69) is 19.6 Å². The third kappa shape index (κ3) is 2.52. The third-order valence-electron chi connectivity index (χ3n) is 3.53. The Hall–Kier alpha value is -2.63. The van der Waals surface area contributed by atoms with Crippen LogP contribution in [-0.4, -0.2) is 39.5 Å². The van der Waals surface area contributed by atoms with Gasteiger partial charge in [-0.3, -0.25) is 4.79 Å². The number of carbonyl (C=O) groups is 1. The third-order valence-corrected chi connectivity index (χ3v) is 3.53. The van der Waals surface area contributed by atoms with E-state index in [1.807, 2.05) is 31.2 Å². The monoisotopic (exact) mass is 284 g/mol. The molecule has 2 aromatic heterocycles. The second-order valence-corrected chi connectivity index (χ2v) is 4.99. The number of benzene rings is 1. The van der Waals surface area contributed by atoms with E-state index in [0.717, 1.165) is 22.2 Å². The predicted octanol–water partition coefficient (Wildman–Crippen LogP) is 2.17. The van der Waals surface area contributed by atoms with E-state index < -0.39 is 0 Å². The molecule has 0 saturated heterocycles. The number of nitrogens with zero attached hydrogens (tertiary/aromatic N) is 3. The summed E-state index contributed by atoms with van der Waals surface area (Å²) < 4.78 is 4.69. The first-order chi connectivity index (χ1) is 10.2. The average molecular weight is 284 g/mol. The zero-order valence-electron chi connectivity index (χ0n) is 12.0. The highest BCUT2D eigenvalue weighted by molar-refractivity contribution is 6.08. The number of hydrogen-bond donors (Lipinski definition) is 1. The normalized spacial score (nSPS) is 11.0. The van der Waals surface area contributed by atoms with Gasteiger partial charge in [-0.15, -0.1) is 0 Å². The molecule has 6 heteroatoms. The summed E-state index contributed by atoms with van der Waals surface area (Å²) in [7, 11) is 1.78. The van der Waals surface area contributed by atoms with Crippen LogP contribution in [0.3, 0.4) is 0 Å². The van der Waals surface area contributed by atoms with E-state index in [9.17, 15) is 4.79 Å². The molecule has 0 unspecified atom stereocenters. The smallest absolute Gasteiger partial charge is 0.256 e. The van der Waals surface area contributed by atoms with Gasteiger partial charge < -0.3 is 14.4 Å². The molecule has 0 fully saturated rings. The van der Waals surface area contributed by atoms with Crippen LogP contribution in [0.1, 0.15) is 21.9 Å². The van der Waals surface area contributed by atoms with E-state index in [4.69, 9.17) is 0 Å². The SMILES string of the molecule is Cc1[nH]c2ccccc2c1C(=O)N(C)CCc1ncon1. The number of para-hydroxylation sites is 1. The number of aryl methyl sites for hydroxylation is 1. The summed E-state index contributed by atoms with van der Waals surface area (Å²) in [5, 5.41) is 4.70. The summed E-state index contributed by atoms with van der Waals surface area (Å²) in [5.74, 6) is 0.596. The summed E-state index contributed by atoms with van der Waals surface area (Å²) in [5.41, 5.74) is 2.58. The summed E-state index contributed by atoms with van der Waals surface area (Å²) in [6.45, 7) is 2.46. The highest BCUT2D eigenvalue weighted by Gasteiger charge is 2.19. The minimum absolute atomic E-state index is 0.00607. The Morgan fingerprint density at radius 3 is 2.95 bits per heavy atom. The number of fused-ring (bicyclic) bond motifs is 1. The van der Waals surface area contributed by atoms with Crippen LogP contribution in [-0.2, 0) is 6.42 Å². The molecule has 1 aromatic carbocycles. The van der Waals surface area contributed by atoms with Crippen molar-refractivity contribution in [1.82, 2.24) is 20.0 Å². The van der Waals surface area contributed by atoms with Gasteiger partial charge in [0.2, 0.25) is 6.39 Å². The Balaban J connectivity index is 1.81. The van der Waals surface area contributed by atoms with Crippen molar-refractivity contribution in [3.05, 3.63) is 47.7 Å². The van der Waals surface area contributed by atoms with E-state index >= 15 is 0 Å². The van der Waals surface area contributed by atoms with Gasteiger partial charge >= 0.3 is 0 Å². The van der Waals surface area contributed by atoms with Crippen LogP contribution in [0.25, 0.3) is 10.9 Å². The first kappa shape index (κ1) is 13.4. The largest absolute Gasteiger partial charge is 0.358 e. The number of H-pyrrole nitrogens is 1. The molecule has 0 bridgehead atoms. The first-order valence-corrected chi connectivity index (χ1v) is 6.75. The number of hydrogen-bond acceptors (Lipinski definition) is 4. The van der Waals surface area contributed by atoms with Gasteiger partial charge in [0.25, 0.3) is 5.91 Å². The minimum atomic E-state index is -0.00607. The molecule has 0 atom stereocenters. The van der Waals surface area contributed by atoms with Crippen LogP contribution < -0.4 is 0 Å². The Bertz CT molecular complexity index is 761. The summed E-state index contributed by atoms with van der Waals surface area (Å²) in [6, 6.07) is 7.82. The molecule has 0 aliphatic carbocycles. The lowest BCUT2D eigenvalue weighted by Gasteiger charge is -2.16. The van der Waals surface area contributed by atoms with Gasteiger partial charge in [0.05, 0.1) is 5.56 Å². The minimum Gasteiger partial charge on any atom is -0.358 e. The molecule has 0 saturated carbocycles. The lowest BCUT2D eigenvalue weighted by Crippen LogP contribution is -2.29. The molecule has 0 spiro atoms. The number of aromatic nitrogens is 3. The van der Waals surface area contributed by atoms with Crippen molar-refractivity contribution in [1.29, 1.82) is 0 Å². The Labute approximate surface area is 121 Å². The Morgan fingerprint density at radius 1 is 1.38 bits per heavy atom. The molecule has 21 heavy (non-hydrogen) atoms. The number of likely N-dealkylation sites (N-methyl/N-ethyl adjacent to an activating group) is 1. The van der Waals surface area contributed by atoms with Crippen LogP contribution in [0, 0.1) is 6.92 Å². The maximum absolute atomic E-state index is 12.6. The van der Waals surface area contributed by atoms with Gasteiger partial charge in [-0.1, -0.05) is 23.4 Å². The van der Waals surface area contributed by atoms with Crippen molar-refractivity contribution >= 4 is 16.8 Å². The van der Waals surface area contributed by atoms with Gasteiger partial charge in [0, 0.05) is 36.6 Å². The second kappa shape index (κ2) is 5.40. The van der Waals surface area contributed by atoms with E-state index in [1.54, 1.807) is 11.9 Å². The van der Waals surface area contributed by atoms with Gasteiger partial charge in [0.15, 0.2) is 5.82 Å². The zero-order chi connectivity index (χ0) is 14.8. The summed E-state index contributed by atoms with van der Waals surface area (Å²) in [4.78, 5) is 21.5. The van der Waals surface area contributed by atoms with Gasteiger partial charge in [-0.2, -0.15) is 4.98 Å². The van der Waals surface area contributed by atoms with Gasteiger partial charge in [-0.05, 0) is 13.0 Å². The van der Waals surface area contributed by atoms with Crippen LogP contribution in [0.2, 0.25) is 0 Å². The van der Waals surface area contributed by atoms with Crippen LogP contribution in [0.5, 0.6) is 0 Å². The Morgan fingerprint density at radius 2 is 2.19 bits per heavy atom. The van der Waals surface area contributed by atoms with E-state index in [-0.39, 0.29) is 5.91 Å². The second-order valence-electron chi connectivity index (χ2n) is 4.99. The van der Waals surface area contributed by atoms with Crippen molar-refractivity contribution in [3.63, 3.8) is 0 Å². The van der Waals surface area contributed by atoms with E-state index in [1.165, 1.54) is 6.39 Å². The Kier molecular flexibility index (Phi) is 3.43. The maximum atomic E-state index is 12.6. The quantitative estimate of drug-likeness (QED) is 0.796. The molecule has 1 N–H and O–H groups in total. The number of carbonyl (C=O) groups excluding carboxylic acids is 1. The molecule has 6 nitrogen and oxygen atoms in total. The molecule has 1 amide bonds. The van der Waals surface area contributed by atoms with Crippen LogP contribution in [0.4, 0.5) is 0 Å². The van der Waals surface area contributed by atoms with E-state index in [0.29, 0.717) is 18.8 Å². The highest BCUT2D eigenvalue weighted by Crippen LogP contribution is 2.23. The van der Waals surface area contributed by atoms with Crippen molar-refractivity contribution in [2.24, 2.45) is 0 Å². The molecule has 3 rings (SSSR count). The zero-order valence-corrected chi connectivity index (χ0v) is 12.0. The van der Waals surface area contributed by atoms with Crippen LogP contribution >= 0.6 is 0 Å². The topological polar surface area (TPSA) is 75.0 Å². The number of amides is 1. The van der Waals surface area contributed by atoms with Gasteiger partial charge in [-0.25, -0.2) is 0 Å².